The largest absolute Gasteiger partial charge is 0.478 e. The van der Waals surface area contributed by atoms with Crippen molar-refractivity contribution in [3.63, 3.8) is 0 Å². The highest BCUT2D eigenvalue weighted by Crippen LogP contribution is 2.19. The van der Waals surface area contributed by atoms with E-state index in [2.05, 4.69) is 10.4 Å². The highest BCUT2D eigenvalue weighted by molar-refractivity contribution is 6.06. The molecule has 2 aromatic rings. The van der Waals surface area contributed by atoms with E-state index in [0.717, 1.165) is 5.56 Å². The van der Waals surface area contributed by atoms with Crippen LogP contribution in [0.3, 0.4) is 0 Å². The lowest BCUT2D eigenvalue weighted by Gasteiger charge is -2.08. The van der Waals surface area contributed by atoms with Gasteiger partial charge in [-0.15, -0.1) is 0 Å². The molecular weight excluding hydrogens is 270 g/mol. The maximum absolute atomic E-state index is 11.9. The van der Waals surface area contributed by atoms with E-state index in [1.165, 1.54) is 6.08 Å². The Morgan fingerprint density at radius 2 is 2.14 bits per heavy atom. The summed E-state index contributed by atoms with van der Waals surface area (Å²) in [7, 11) is 1.78. The highest BCUT2D eigenvalue weighted by atomic mass is 16.4. The van der Waals surface area contributed by atoms with E-state index in [4.69, 9.17) is 0 Å². The molecule has 0 radical (unpaired) electrons. The lowest BCUT2D eigenvalue weighted by Crippen LogP contribution is -2.13. The second-order valence-corrected chi connectivity index (χ2v) is 4.57. The van der Waals surface area contributed by atoms with Crippen LogP contribution in [0, 0.1) is 6.92 Å². The fourth-order valence-electron chi connectivity index (χ4n) is 1.93. The van der Waals surface area contributed by atoms with Crippen LogP contribution in [0.5, 0.6) is 0 Å². The molecule has 0 aliphatic heterocycles. The summed E-state index contributed by atoms with van der Waals surface area (Å²) in [6.07, 6.45) is 6.34. The quantitative estimate of drug-likeness (QED) is 0.842. The molecule has 0 fully saturated rings. The van der Waals surface area contributed by atoms with Crippen molar-refractivity contribution in [3.8, 4) is 0 Å². The zero-order chi connectivity index (χ0) is 15.4. The Morgan fingerprint density at radius 1 is 1.38 bits per heavy atom. The third-order valence-electron chi connectivity index (χ3n) is 2.90. The molecule has 1 aromatic carbocycles. The number of rotatable bonds is 4. The van der Waals surface area contributed by atoms with Crippen LogP contribution in [0.15, 0.2) is 36.7 Å². The van der Waals surface area contributed by atoms with Gasteiger partial charge in [0.15, 0.2) is 0 Å². The molecule has 0 saturated carbocycles. The van der Waals surface area contributed by atoms with Crippen LogP contribution in [0.1, 0.15) is 21.5 Å². The molecule has 0 unspecified atom stereocenters. The number of nitrogens with zero attached hydrogens (tertiary/aromatic N) is 2. The number of aromatic carboxylic acids is 1. The van der Waals surface area contributed by atoms with Crippen LogP contribution in [-0.2, 0) is 11.8 Å². The Labute approximate surface area is 121 Å². The van der Waals surface area contributed by atoms with Crippen LogP contribution in [-0.4, -0.2) is 26.8 Å². The van der Waals surface area contributed by atoms with E-state index >= 15 is 0 Å². The van der Waals surface area contributed by atoms with Gasteiger partial charge in [0.2, 0.25) is 5.91 Å². The number of anilines is 1. The van der Waals surface area contributed by atoms with Crippen molar-refractivity contribution < 1.29 is 14.7 Å². The lowest BCUT2D eigenvalue weighted by atomic mass is 10.1. The van der Waals surface area contributed by atoms with Crippen LogP contribution in [0.2, 0.25) is 0 Å². The summed E-state index contributed by atoms with van der Waals surface area (Å²) in [6.45, 7) is 1.69. The SMILES string of the molecule is Cc1cccc(NC(=O)C=Cc2cnn(C)c2)c1C(=O)O. The first-order valence-electron chi connectivity index (χ1n) is 6.28. The Kier molecular flexibility index (Phi) is 4.18. The van der Waals surface area contributed by atoms with Gasteiger partial charge in [-0.1, -0.05) is 12.1 Å². The van der Waals surface area contributed by atoms with Crippen molar-refractivity contribution in [1.29, 1.82) is 0 Å². The van der Waals surface area contributed by atoms with E-state index in [0.29, 0.717) is 5.56 Å². The minimum atomic E-state index is -1.07. The lowest BCUT2D eigenvalue weighted by molar-refractivity contribution is -0.111. The minimum Gasteiger partial charge on any atom is -0.478 e. The number of benzene rings is 1. The first kappa shape index (κ1) is 14.5. The molecule has 6 heteroatoms. The number of carbonyl (C=O) groups excluding carboxylic acids is 1. The Hall–Kier alpha value is -2.89. The Bertz CT molecular complexity index is 717. The van der Waals surface area contributed by atoms with Crippen molar-refractivity contribution in [2.24, 2.45) is 7.05 Å². The first-order valence-corrected chi connectivity index (χ1v) is 6.28. The minimum absolute atomic E-state index is 0.0978. The molecule has 0 aliphatic carbocycles. The average Bonchev–Trinajstić information content (AvgIpc) is 2.82. The van der Waals surface area contributed by atoms with Crippen molar-refractivity contribution >= 4 is 23.6 Å². The molecular formula is C15H15N3O3. The molecule has 1 aromatic heterocycles. The molecule has 0 saturated heterocycles. The normalized spacial score (nSPS) is 10.8. The highest BCUT2D eigenvalue weighted by Gasteiger charge is 2.13. The maximum Gasteiger partial charge on any atom is 0.338 e. The van der Waals surface area contributed by atoms with E-state index in [-0.39, 0.29) is 11.3 Å². The average molecular weight is 285 g/mol. The van der Waals surface area contributed by atoms with E-state index < -0.39 is 11.9 Å². The number of nitrogens with one attached hydrogen (secondary N) is 1. The molecule has 0 atom stereocenters. The predicted molar refractivity (Wildman–Crippen MR) is 79.0 cm³/mol. The van der Waals surface area contributed by atoms with Gasteiger partial charge < -0.3 is 10.4 Å². The molecule has 2 N–H and O–H groups in total. The summed E-state index contributed by atoms with van der Waals surface area (Å²) < 4.78 is 1.63. The van der Waals surface area contributed by atoms with E-state index in [9.17, 15) is 14.7 Å². The molecule has 1 amide bonds. The second kappa shape index (κ2) is 6.04. The van der Waals surface area contributed by atoms with Crippen molar-refractivity contribution in [2.75, 3.05) is 5.32 Å². The zero-order valence-electron chi connectivity index (χ0n) is 11.7. The van der Waals surface area contributed by atoms with Gasteiger partial charge in [-0.2, -0.15) is 5.10 Å². The molecule has 108 valence electrons. The summed E-state index contributed by atoms with van der Waals surface area (Å²) in [5.41, 5.74) is 1.76. The molecule has 21 heavy (non-hydrogen) atoms. The standard InChI is InChI=1S/C15H15N3O3/c1-10-4-3-5-12(14(10)15(20)21)17-13(19)7-6-11-8-16-18(2)9-11/h3-9H,1-2H3,(H,17,19)(H,20,21). The van der Waals surface area contributed by atoms with Crippen LogP contribution < -0.4 is 5.32 Å². The molecule has 0 aliphatic rings. The van der Waals surface area contributed by atoms with Gasteiger partial charge >= 0.3 is 5.97 Å². The number of amides is 1. The van der Waals surface area contributed by atoms with Gasteiger partial charge in [0.25, 0.3) is 0 Å². The predicted octanol–water partition coefficient (Wildman–Crippen LogP) is 2.08. The maximum atomic E-state index is 11.9. The van der Waals surface area contributed by atoms with Gasteiger partial charge in [0.05, 0.1) is 17.4 Å². The smallest absolute Gasteiger partial charge is 0.338 e. The fourth-order valence-corrected chi connectivity index (χ4v) is 1.93. The molecule has 0 spiro atoms. The van der Waals surface area contributed by atoms with Crippen LogP contribution >= 0.6 is 0 Å². The van der Waals surface area contributed by atoms with Gasteiger partial charge in [-0.25, -0.2) is 4.79 Å². The molecule has 0 bridgehead atoms. The van der Waals surface area contributed by atoms with Gasteiger partial charge in [0, 0.05) is 24.9 Å². The number of carboxylic acids is 1. The summed E-state index contributed by atoms with van der Waals surface area (Å²) in [6, 6.07) is 4.94. The van der Waals surface area contributed by atoms with Crippen LogP contribution in [0.4, 0.5) is 5.69 Å². The van der Waals surface area contributed by atoms with E-state index in [1.54, 1.807) is 55.3 Å². The number of aryl methyl sites for hydroxylation is 2. The van der Waals surface area contributed by atoms with Gasteiger partial charge in [-0.3, -0.25) is 9.48 Å². The monoisotopic (exact) mass is 285 g/mol. The number of aromatic nitrogens is 2. The Balaban J connectivity index is 2.15. The van der Waals surface area contributed by atoms with Crippen molar-refractivity contribution in [1.82, 2.24) is 9.78 Å². The molecule has 2 rings (SSSR count). The number of carbonyl (C=O) groups is 2. The van der Waals surface area contributed by atoms with Crippen LogP contribution in [0.25, 0.3) is 6.08 Å². The topological polar surface area (TPSA) is 84.2 Å². The summed E-state index contributed by atoms with van der Waals surface area (Å²) in [5.74, 6) is -1.47. The summed E-state index contributed by atoms with van der Waals surface area (Å²) >= 11 is 0. The zero-order valence-corrected chi connectivity index (χ0v) is 11.7. The second-order valence-electron chi connectivity index (χ2n) is 4.57. The van der Waals surface area contributed by atoms with Gasteiger partial charge in [-0.05, 0) is 24.6 Å². The summed E-state index contributed by atoms with van der Waals surface area (Å²) in [5, 5.41) is 15.7. The summed E-state index contributed by atoms with van der Waals surface area (Å²) in [4.78, 5) is 23.1. The Morgan fingerprint density at radius 3 is 2.76 bits per heavy atom. The third kappa shape index (κ3) is 3.56. The molecule has 1 heterocycles. The fraction of sp³-hybridized carbons (Fsp3) is 0.133. The number of carboxylic acid groups (broad SMARTS) is 1. The van der Waals surface area contributed by atoms with E-state index in [1.807, 2.05) is 0 Å². The number of hydrogen-bond donors (Lipinski definition) is 2. The molecule has 6 nitrogen and oxygen atoms in total. The number of hydrogen-bond acceptors (Lipinski definition) is 3. The first-order chi connectivity index (χ1) is 9.97. The third-order valence-corrected chi connectivity index (χ3v) is 2.90. The van der Waals surface area contributed by atoms with Gasteiger partial charge in [0.1, 0.15) is 0 Å². The van der Waals surface area contributed by atoms with Crippen molar-refractivity contribution in [2.45, 2.75) is 6.92 Å². The van der Waals surface area contributed by atoms with Crippen molar-refractivity contribution in [3.05, 3.63) is 53.4 Å².